The lowest BCUT2D eigenvalue weighted by Crippen LogP contribution is -2.32. The fourth-order valence-electron chi connectivity index (χ4n) is 2.84. The van der Waals surface area contributed by atoms with E-state index < -0.39 is 6.10 Å². The Balaban J connectivity index is 1.86. The molecule has 1 aliphatic heterocycles. The predicted molar refractivity (Wildman–Crippen MR) is 78.8 cm³/mol. The second-order valence-corrected chi connectivity index (χ2v) is 5.55. The molecule has 2 atom stereocenters. The molecule has 3 rings (SSSR count). The van der Waals surface area contributed by atoms with Gasteiger partial charge in [-0.05, 0) is 36.6 Å². The maximum Gasteiger partial charge on any atom is 0.274 e. The first-order chi connectivity index (χ1) is 10.6. The van der Waals surface area contributed by atoms with Gasteiger partial charge in [-0.1, -0.05) is 19.1 Å². The summed E-state index contributed by atoms with van der Waals surface area (Å²) in [5.74, 6) is -0.540. The lowest BCUT2D eigenvalue weighted by molar-refractivity contribution is 0.0710. The fourth-order valence-corrected chi connectivity index (χ4v) is 2.84. The average Bonchev–Trinajstić information content (AvgIpc) is 3.14. The molecular weight excluding hydrogens is 285 g/mol. The van der Waals surface area contributed by atoms with E-state index in [0.717, 1.165) is 17.7 Å². The molecule has 5 nitrogen and oxygen atoms in total. The Labute approximate surface area is 127 Å². The van der Waals surface area contributed by atoms with E-state index >= 15 is 0 Å². The smallest absolute Gasteiger partial charge is 0.274 e. The van der Waals surface area contributed by atoms with E-state index in [1.807, 2.05) is 6.92 Å². The number of nitrogens with one attached hydrogen (secondary N) is 1. The van der Waals surface area contributed by atoms with Gasteiger partial charge in [-0.2, -0.15) is 5.10 Å². The van der Waals surface area contributed by atoms with Crippen molar-refractivity contribution in [3.8, 4) is 0 Å². The first-order valence-corrected chi connectivity index (χ1v) is 7.37. The normalized spacial score (nSPS) is 21.3. The van der Waals surface area contributed by atoms with Gasteiger partial charge in [-0.3, -0.25) is 9.89 Å². The van der Waals surface area contributed by atoms with E-state index in [-0.39, 0.29) is 24.3 Å². The van der Waals surface area contributed by atoms with Crippen LogP contribution in [0.15, 0.2) is 30.3 Å². The van der Waals surface area contributed by atoms with Crippen molar-refractivity contribution in [2.45, 2.75) is 31.9 Å². The number of aliphatic hydroxyl groups is 1. The van der Waals surface area contributed by atoms with Gasteiger partial charge < -0.3 is 10.0 Å². The minimum Gasteiger partial charge on any atom is -0.391 e. The quantitative estimate of drug-likeness (QED) is 0.912. The molecule has 6 heteroatoms. The molecule has 1 fully saturated rings. The zero-order chi connectivity index (χ0) is 15.7. The SMILES string of the molecule is CCc1cc(C(=O)N2C[C@@H](O)C[C@@H]2c2ccc(F)cc2)n[nH]1. The van der Waals surface area contributed by atoms with Crippen molar-refractivity contribution >= 4 is 5.91 Å². The summed E-state index contributed by atoms with van der Waals surface area (Å²) in [6.07, 6.45) is 0.635. The van der Waals surface area contributed by atoms with E-state index in [4.69, 9.17) is 0 Å². The number of carbonyl (C=O) groups excluding carboxylic acids is 1. The second-order valence-electron chi connectivity index (χ2n) is 5.55. The summed E-state index contributed by atoms with van der Waals surface area (Å²) in [5, 5.41) is 16.8. The van der Waals surface area contributed by atoms with Gasteiger partial charge in [0.25, 0.3) is 5.91 Å². The summed E-state index contributed by atoms with van der Waals surface area (Å²) < 4.78 is 13.1. The molecule has 0 radical (unpaired) electrons. The van der Waals surface area contributed by atoms with Crippen molar-refractivity contribution in [2.75, 3.05) is 6.54 Å². The van der Waals surface area contributed by atoms with Crippen molar-refractivity contribution in [2.24, 2.45) is 0 Å². The number of likely N-dealkylation sites (tertiary alicyclic amines) is 1. The number of β-amino-alcohol motifs (C(OH)–C–C–N with tert-alkyl or cyclic N) is 1. The molecular formula is C16H18FN3O2. The zero-order valence-corrected chi connectivity index (χ0v) is 12.3. The third-order valence-corrected chi connectivity index (χ3v) is 4.03. The molecule has 0 saturated carbocycles. The van der Waals surface area contributed by atoms with Gasteiger partial charge in [-0.25, -0.2) is 4.39 Å². The highest BCUT2D eigenvalue weighted by molar-refractivity contribution is 5.93. The molecule has 0 spiro atoms. The molecule has 0 unspecified atom stereocenters. The van der Waals surface area contributed by atoms with Crippen molar-refractivity contribution in [1.82, 2.24) is 15.1 Å². The maximum atomic E-state index is 13.1. The Morgan fingerprint density at radius 1 is 1.45 bits per heavy atom. The van der Waals surface area contributed by atoms with E-state index in [2.05, 4.69) is 10.2 Å². The molecule has 1 saturated heterocycles. The molecule has 2 N–H and O–H groups in total. The summed E-state index contributed by atoms with van der Waals surface area (Å²) >= 11 is 0. The number of aromatic nitrogens is 2. The fraction of sp³-hybridized carbons (Fsp3) is 0.375. The number of hydrogen-bond acceptors (Lipinski definition) is 3. The number of aromatic amines is 1. The molecule has 2 aromatic rings. The first kappa shape index (κ1) is 14.7. The van der Waals surface area contributed by atoms with Gasteiger partial charge >= 0.3 is 0 Å². The van der Waals surface area contributed by atoms with Crippen molar-refractivity contribution in [3.05, 3.63) is 53.1 Å². The van der Waals surface area contributed by atoms with Crippen LogP contribution in [-0.2, 0) is 6.42 Å². The number of rotatable bonds is 3. The molecule has 1 amide bonds. The summed E-state index contributed by atoms with van der Waals surface area (Å²) in [6.45, 7) is 2.23. The largest absolute Gasteiger partial charge is 0.391 e. The highest BCUT2D eigenvalue weighted by Gasteiger charge is 2.36. The van der Waals surface area contributed by atoms with Crippen LogP contribution in [0.3, 0.4) is 0 Å². The van der Waals surface area contributed by atoms with Crippen LogP contribution in [0.2, 0.25) is 0 Å². The van der Waals surface area contributed by atoms with Gasteiger partial charge in [0.15, 0.2) is 0 Å². The first-order valence-electron chi connectivity index (χ1n) is 7.37. The topological polar surface area (TPSA) is 69.2 Å². The van der Waals surface area contributed by atoms with Crippen LogP contribution in [0.5, 0.6) is 0 Å². The number of nitrogens with zero attached hydrogens (tertiary/aromatic N) is 2. The van der Waals surface area contributed by atoms with Crippen LogP contribution in [0.4, 0.5) is 4.39 Å². The summed E-state index contributed by atoms with van der Waals surface area (Å²) in [5.41, 5.74) is 2.05. The third-order valence-electron chi connectivity index (χ3n) is 4.03. The minimum absolute atomic E-state index is 0.221. The molecule has 1 aromatic heterocycles. The van der Waals surface area contributed by atoms with Gasteiger partial charge in [-0.15, -0.1) is 0 Å². The van der Waals surface area contributed by atoms with Gasteiger partial charge in [0.05, 0.1) is 12.1 Å². The monoisotopic (exact) mass is 303 g/mol. The van der Waals surface area contributed by atoms with Crippen LogP contribution < -0.4 is 0 Å². The summed E-state index contributed by atoms with van der Waals surface area (Å²) in [4.78, 5) is 14.2. The minimum atomic E-state index is -0.580. The molecule has 0 aliphatic carbocycles. The lowest BCUT2D eigenvalue weighted by Gasteiger charge is -2.23. The Bertz CT molecular complexity index is 668. The molecule has 116 valence electrons. The van der Waals surface area contributed by atoms with Crippen LogP contribution in [0.25, 0.3) is 0 Å². The Morgan fingerprint density at radius 3 is 2.82 bits per heavy atom. The van der Waals surface area contributed by atoms with Crippen molar-refractivity contribution in [1.29, 1.82) is 0 Å². The number of aryl methyl sites for hydroxylation is 1. The molecule has 1 aliphatic rings. The van der Waals surface area contributed by atoms with E-state index in [1.165, 1.54) is 12.1 Å². The second kappa shape index (κ2) is 5.88. The Kier molecular flexibility index (Phi) is 3.94. The number of halogens is 1. The average molecular weight is 303 g/mol. The lowest BCUT2D eigenvalue weighted by atomic mass is 10.0. The van der Waals surface area contributed by atoms with E-state index in [1.54, 1.807) is 23.1 Å². The van der Waals surface area contributed by atoms with Crippen LogP contribution in [-0.4, -0.2) is 38.8 Å². The highest BCUT2D eigenvalue weighted by atomic mass is 19.1. The van der Waals surface area contributed by atoms with E-state index in [9.17, 15) is 14.3 Å². The van der Waals surface area contributed by atoms with Crippen molar-refractivity contribution < 1.29 is 14.3 Å². The molecule has 22 heavy (non-hydrogen) atoms. The summed E-state index contributed by atoms with van der Waals surface area (Å²) in [7, 11) is 0. The molecule has 1 aromatic carbocycles. The number of H-pyrrole nitrogens is 1. The third kappa shape index (κ3) is 2.74. The Morgan fingerprint density at radius 2 is 2.18 bits per heavy atom. The standard InChI is InChI=1S/C16H18FN3O2/c1-2-12-7-14(19-18-12)16(22)20-9-13(21)8-15(20)10-3-5-11(17)6-4-10/h3-7,13,15,21H,2,8-9H2,1H3,(H,18,19)/t13-,15+/m0/s1. The zero-order valence-electron chi connectivity index (χ0n) is 12.3. The number of aliphatic hydroxyl groups excluding tert-OH is 1. The van der Waals surface area contributed by atoms with E-state index in [0.29, 0.717) is 12.1 Å². The highest BCUT2D eigenvalue weighted by Crippen LogP contribution is 2.33. The van der Waals surface area contributed by atoms with Crippen LogP contribution in [0, 0.1) is 5.82 Å². The molecule has 0 bridgehead atoms. The van der Waals surface area contributed by atoms with Gasteiger partial charge in [0.1, 0.15) is 11.5 Å². The van der Waals surface area contributed by atoms with Crippen LogP contribution in [0.1, 0.15) is 41.1 Å². The number of carbonyl (C=O) groups is 1. The number of hydrogen-bond donors (Lipinski definition) is 2. The Hall–Kier alpha value is -2.21. The van der Waals surface area contributed by atoms with Gasteiger partial charge in [0, 0.05) is 12.2 Å². The summed E-state index contributed by atoms with van der Waals surface area (Å²) in [6, 6.07) is 7.51. The maximum absolute atomic E-state index is 13.1. The number of amides is 1. The number of benzene rings is 1. The van der Waals surface area contributed by atoms with Gasteiger partial charge in [0.2, 0.25) is 0 Å². The molecule has 2 heterocycles. The van der Waals surface area contributed by atoms with Crippen molar-refractivity contribution in [3.63, 3.8) is 0 Å². The van der Waals surface area contributed by atoms with Crippen LogP contribution >= 0.6 is 0 Å². The predicted octanol–water partition coefficient (Wildman–Crippen LogP) is 2.06.